The number of hydrogen-bond donors (Lipinski definition) is 1. The van der Waals surface area contributed by atoms with Gasteiger partial charge in [0, 0.05) is 33.3 Å². The van der Waals surface area contributed by atoms with Crippen LogP contribution in [0.3, 0.4) is 0 Å². The highest BCUT2D eigenvalue weighted by molar-refractivity contribution is 7.88. The summed E-state index contributed by atoms with van der Waals surface area (Å²) in [5.74, 6) is -0.678. The number of sulfonamides is 1. The van der Waals surface area contributed by atoms with Gasteiger partial charge in [0.2, 0.25) is 11.0 Å². The topological polar surface area (TPSA) is 99.9 Å². The highest BCUT2D eigenvalue weighted by Gasteiger charge is 2.36. The zero-order chi connectivity index (χ0) is 17.4. The molecule has 0 bridgehead atoms. The van der Waals surface area contributed by atoms with Crippen molar-refractivity contribution in [2.75, 3.05) is 27.2 Å². The van der Waals surface area contributed by atoms with Gasteiger partial charge in [-0.15, -0.1) is 0 Å². The highest BCUT2D eigenvalue weighted by Crippen LogP contribution is 2.21. The molecule has 1 aromatic rings. The van der Waals surface area contributed by atoms with Crippen molar-refractivity contribution in [2.24, 2.45) is 5.92 Å². The lowest BCUT2D eigenvalue weighted by Crippen LogP contribution is -2.59. The van der Waals surface area contributed by atoms with Crippen LogP contribution in [0, 0.1) is 5.92 Å². The minimum absolute atomic E-state index is 0.0591. The molecule has 1 N–H and O–H groups in total. The summed E-state index contributed by atoms with van der Waals surface area (Å²) in [6.07, 6.45) is 1.11. The molecule has 128 valence electrons. The van der Waals surface area contributed by atoms with E-state index in [0.717, 1.165) is 10.6 Å². The molecule has 1 unspecified atom stereocenters. The summed E-state index contributed by atoms with van der Waals surface area (Å²) < 4.78 is 30.1. The zero-order valence-electron chi connectivity index (χ0n) is 13.6. The van der Waals surface area contributed by atoms with E-state index in [1.807, 2.05) is 13.8 Å². The minimum Gasteiger partial charge on any atom is -0.451 e. The fourth-order valence-corrected chi connectivity index (χ4v) is 3.29. The molecule has 0 saturated carbocycles. The SMILES string of the molecule is CC(C)C1C(=O)NCCN1C(=O)c1coc(S(=O)(=O)N(C)C)c1. The van der Waals surface area contributed by atoms with Crippen LogP contribution < -0.4 is 5.32 Å². The van der Waals surface area contributed by atoms with Crippen LogP contribution in [0.5, 0.6) is 0 Å². The zero-order valence-corrected chi connectivity index (χ0v) is 14.4. The van der Waals surface area contributed by atoms with E-state index in [2.05, 4.69) is 5.32 Å². The number of piperazine rings is 1. The van der Waals surface area contributed by atoms with Gasteiger partial charge in [-0.05, 0) is 5.92 Å². The molecule has 1 aliphatic rings. The van der Waals surface area contributed by atoms with Crippen molar-refractivity contribution in [1.29, 1.82) is 0 Å². The van der Waals surface area contributed by atoms with Crippen molar-refractivity contribution in [2.45, 2.75) is 25.0 Å². The van der Waals surface area contributed by atoms with Crippen molar-refractivity contribution in [3.05, 3.63) is 17.9 Å². The molecule has 0 radical (unpaired) electrons. The van der Waals surface area contributed by atoms with Gasteiger partial charge in [0.1, 0.15) is 12.3 Å². The van der Waals surface area contributed by atoms with Gasteiger partial charge in [0.05, 0.1) is 5.56 Å². The summed E-state index contributed by atoms with van der Waals surface area (Å²) >= 11 is 0. The molecule has 0 aromatic carbocycles. The average molecular weight is 343 g/mol. The lowest BCUT2D eigenvalue weighted by Gasteiger charge is -2.37. The molecule has 8 nitrogen and oxygen atoms in total. The fourth-order valence-electron chi connectivity index (χ4n) is 2.49. The van der Waals surface area contributed by atoms with Crippen LogP contribution in [0.1, 0.15) is 24.2 Å². The average Bonchev–Trinajstić information content (AvgIpc) is 2.96. The number of nitrogens with one attached hydrogen (secondary N) is 1. The number of hydrogen-bond acceptors (Lipinski definition) is 5. The third-order valence-corrected chi connectivity index (χ3v) is 5.39. The van der Waals surface area contributed by atoms with Crippen molar-refractivity contribution in [1.82, 2.24) is 14.5 Å². The van der Waals surface area contributed by atoms with Gasteiger partial charge in [0.15, 0.2) is 0 Å². The largest absolute Gasteiger partial charge is 0.451 e. The van der Waals surface area contributed by atoms with Crippen LogP contribution in [0.4, 0.5) is 0 Å². The first-order chi connectivity index (χ1) is 10.7. The smallest absolute Gasteiger partial charge is 0.275 e. The molecule has 1 aromatic heterocycles. The Kier molecular flexibility index (Phi) is 4.81. The predicted octanol–water partition coefficient (Wildman–Crippen LogP) is 0.127. The summed E-state index contributed by atoms with van der Waals surface area (Å²) in [7, 11) is -0.988. The molecule has 23 heavy (non-hydrogen) atoms. The summed E-state index contributed by atoms with van der Waals surface area (Å²) in [5.41, 5.74) is 0.116. The van der Waals surface area contributed by atoms with E-state index in [-0.39, 0.29) is 22.5 Å². The summed E-state index contributed by atoms with van der Waals surface area (Å²) in [6.45, 7) is 4.45. The third-order valence-electron chi connectivity index (χ3n) is 3.71. The van der Waals surface area contributed by atoms with Gasteiger partial charge < -0.3 is 14.6 Å². The van der Waals surface area contributed by atoms with Crippen LogP contribution in [0.25, 0.3) is 0 Å². The van der Waals surface area contributed by atoms with Crippen LogP contribution in [-0.2, 0) is 14.8 Å². The Bertz CT molecular complexity index is 708. The van der Waals surface area contributed by atoms with Gasteiger partial charge in [-0.3, -0.25) is 9.59 Å². The van der Waals surface area contributed by atoms with Gasteiger partial charge >= 0.3 is 0 Å². The van der Waals surface area contributed by atoms with Crippen molar-refractivity contribution >= 4 is 21.8 Å². The summed E-state index contributed by atoms with van der Waals surface area (Å²) in [4.78, 5) is 26.1. The molecular formula is C14H21N3O5S. The first-order valence-corrected chi connectivity index (χ1v) is 8.70. The molecule has 1 fully saturated rings. The highest BCUT2D eigenvalue weighted by atomic mass is 32.2. The monoisotopic (exact) mass is 343 g/mol. The molecule has 0 aliphatic carbocycles. The first kappa shape index (κ1) is 17.5. The maximum atomic E-state index is 12.6. The van der Waals surface area contributed by atoms with Crippen molar-refractivity contribution in [3.63, 3.8) is 0 Å². The molecule has 2 heterocycles. The molecule has 0 spiro atoms. The summed E-state index contributed by atoms with van der Waals surface area (Å²) in [5, 5.41) is 2.44. The van der Waals surface area contributed by atoms with Crippen molar-refractivity contribution < 1.29 is 22.4 Å². The maximum absolute atomic E-state index is 12.6. The Morgan fingerprint density at radius 1 is 1.43 bits per heavy atom. The Balaban J connectivity index is 2.30. The number of furan rings is 1. The maximum Gasteiger partial charge on any atom is 0.275 e. The van der Waals surface area contributed by atoms with Crippen LogP contribution in [-0.4, -0.2) is 62.7 Å². The number of rotatable bonds is 4. The van der Waals surface area contributed by atoms with E-state index in [1.165, 1.54) is 25.1 Å². The van der Waals surface area contributed by atoms with E-state index < -0.39 is 22.0 Å². The molecule has 1 aliphatic heterocycles. The van der Waals surface area contributed by atoms with Gasteiger partial charge in [0.25, 0.3) is 15.9 Å². The molecular weight excluding hydrogens is 322 g/mol. The van der Waals surface area contributed by atoms with Crippen LogP contribution in [0.15, 0.2) is 21.8 Å². The number of amides is 2. The van der Waals surface area contributed by atoms with Gasteiger partial charge in [-0.25, -0.2) is 12.7 Å². The first-order valence-electron chi connectivity index (χ1n) is 7.26. The Hall–Kier alpha value is -1.87. The van der Waals surface area contributed by atoms with E-state index in [0.29, 0.717) is 13.1 Å². The summed E-state index contributed by atoms with van der Waals surface area (Å²) in [6, 6.07) is 0.613. The van der Waals surface area contributed by atoms with Crippen LogP contribution in [0.2, 0.25) is 0 Å². The van der Waals surface area contributed by atoms with E-state index in [1.54, 1.807) is 0 Å². The molecule has 2 amide bonds. The lowest BCUT2D eigenvalue weighted by molar-refractivity contribution is -0.129. The van der Waals surface area contributed by atoms with Crippen molar-refractivity contribution in [3.8, 4) is 0 Å². The molecule has 9 heteroatoms. The second kappa shape index (κ2) is 6.32. The number of nitrogens with zero attached hydrogens (tertiary/aromatic N) is 2. The lowest BCUT2D eigenvalue weighted by atomic mass is 9.99. The van der Waals surface area contributed by atoms with Crippen LogP contribution >= 0.6 is 0 Å². The second-order valence-corrected chi connectivity index (χ2v) is 8.00. The van der Waals surface area contributed by atoms with Gasteiger partial charge in [-0.1, -0.05) is 13.8 Å². The standard InChI is InChI=1S/C14H21N3O5S/c1-9(2)12-13(18)15-5-6-17(12)14(19)10-7-11(22-8-10)23(20,21)16(3)4/h7-9,12H,5-6H2,1-4H3,(H,15,18). The van der Waals surface area contributed by atoms with E-state index in [4.69, 9.17) is 4.42 Å². The molecule has 1 atom stereocenters. The number of carbonyl (C=O) groups is 2. The van der Waals surface area contributed by atoms with Gasteiger partial charge in [-0.2, -0.15) is 0 Å². The Morgan fingerprint density at radius 3 is 2.65 bits per heavy atom. The predicted molar refractivity (Wildman–Crippen MR) is 82.3 cm³/mol. The second-order valence-electron chi connectivity index (χ2n) is 5.92. The van der Waals surface area contributed by atoms with E-state index in [9.17, 15) is 18.0 Å². The minimum atomic E-state index is -3.74. The fraction of sp³-hybridized carbons (Fsp3) is 0.571. The quantitative estimate of drug-likeness (QED) is 0.837. The van der Waals surface area contributed by atoms with E-state index >= 15 is 0 Å². The molecule has 2 rings (SSSR count). The normalized spacial score (nSPS) is 19.3. The Morgan fingerprint density at radius 2 is 2.09 bits per heavy atom. The molecule has 1 saturated heterocycles. The Labute approximate surface area is 135 Å². The third kappa shape index (κ3) is 3.25. The number of carbonyl (C=O) groups excluding carboxylic acids is 2.